The number of aromatic nitrogens is 3. The van der Waals surface area contributed by atoms with Gasteiger partial charge in [-0.05, 0) is 52.4 Å². The molecule has 3 rings (SSSR count). The molecule has 0 aliphatic carbocycles. The molecule has 1 unspecified atom stereocenters. The molecule has 108 valence electrons. The zero-order chi connectivity index (χ0) is 14.1. The number of halogens is 2. The zero-order valence-electron chi connectivity index (χ0n) is 11.5. The van der Waals surface area contributed by atoms with E-state index in [-0.39, 0.29) is 0 Å². The highest BCUT2D eigenvalue weighted by atomic mass is 79.9. The van der Waals surface area contributed by atoms with Gasteiger partial charge in [0, 0.05) is 23.8 Å². The van der Waals surface area contributed by atoms with Gasteiger partial charge in [-0.1, -0.05) is 13.3 Å². The average Bonchev–Trinajstić information content (AvgIpc) is 2.96. The van der Waals surface area contributed by atoms with Crippen molar-refractivity contribution in [2.75, 3.05) is 13.1 Å². The molecular formula is C14H18BrClN4. The topological polar surface area (TPSA) is 34.0 Å². The molecule has 1 aliphatic heterocycles. The molecule has 2 aromatic rings. The molecule has 1 fully saturated rings. The maximum absolute atomic E-state index is 6.27. The van der Waals surface area contributed by atoms with Crippen LogP contribution >= 0.6 is 27.5 Å². The third kappa shape index (κ3) is 2.85. The Balaban J connectivity index is 1.79. The minimum Gasteiger partial charge on any atom is -0.286 e. The Morgan fingerprint density at radius 3 is 3.15 bits per heavy atom. The van der Waals surface area contributed by atoms with Crippen LogP contribution in [0.1, 0.15) is 26.2 Å². The lowest BCUT2D eigenvalue weighted by Gasteiger charge is -2.17. The third-order valence-electron chi connectivity index (χ3n) is 3.91. The minimum atomic E-state index is 0.518. The summed E-state index contributed by atoms with van der Waals surface area (Å²) in [4.78, 5) is 11.3. The largest absolute Gasteiger partial charge is 0.286 e. The smallest absolute Gasteiger partial charge is 0.206 e. The molecule has 3 heterocycles. The van der Waals surface area contributed by atoms with E-state index >= 15 is 0 Å². The van der Waals surface area contributed by atoms with Crippen molar-refractivity contribution in [3.05, 3.63) is 22.0 Å². The summed E-state index contributed by atoms with van der Waals surface area (Å²) in [5.74, 6) is 0.829. The van der Waals surface area contributed by atoms with Gasteiger partial charge in [-0.2, -0.15) is 0 Å². The van der Waals surface area contributed by atoms with Crippen LogP contribution in [0.2, 0.25) is 5.28 Å². The maximum atomic E-state index is 6.27. The first-order valence-corrected chi connectivity index (χ1v) is 8.24. The van der Waals surface area contributed by atoms with Gasteiger partial charge in [0.25, 0.3) is 0 Å². The van der Waals surface area contributed by atoms with Gasteiger partial charge < -0.3 is 0 Å². The summed E-state index contributed by atoms with van der Waals surface area (Å²) in [5.41, 5.74) is 1.70. The van der Waals surface area contributed by atoms with E-state index in [1.165, 1.54) is 19.3 Å². The molecular weight excluding hydrogens is 340 g/mol. The van der Waals surface area contributed by atoms with Crippen LogP contribution in [0.5, 0.6) is 0 Å². The van der Waals surface area contributed by atoms with Crippen LogP contribution in [0.25, 0.3) is 11.2 Å². The van der Waals surface area contributed by atoms with Crippen LogP contribution in [0.15, 0.2) is 16.7 Å². The zero-order valence-corrected chi connectivity index (χ0v) is 13.9. The van der Waals surface area contributed by atoms with Crippen molar-refractivity contribution in [3.63, 3.8) is 0 Å². The van der Waals surface area contributed by atoms with Crippen molar-refractivity contribution in [2.24, 2.45) is 5.92 Å². The molecule has 0 radical (unpaired) electrons. The summed E-state index contributed by atoms with van der Waals surface area (Å²) in [6.07, 6.45) is 5.67. The number of hydrogen-bond acceptors (Lipinski definition) is 3. The highest BCUT2D eigenvalue weighted by Gasteiger charge is 2.23. The number of imidazole rings is 1. The molecule has 0 amide bonds. The molecule has 1 atom stereocenters. The molecule has 6 heteroatoms. The summed E-state index contributed by atoms with van der Waals surface area (Å²) in [6.45, 7) is 5.33. The van der Waals surface area contributed by atoms with Gasteiger partial charge in [0.2, 0.25) is 5.28 Å². The summed E-state index contributed by atoms with van der Waals surface area (Å²) >= 11 is 9.68. The van der Waals surface area contributed by atoms with Gasteiger partial charge in [0.15, 0.2) is 5.65 Å². The molecule has 0 N–H and O–H groups in total. The number of rotatable bonds is 4. The Morgan fingerprint density at radius 2 is 2.35 bits per heavy atom. The molecule has 1 saturated heterocycles. The van der Waals surface area contributed by atoms with E-state index < -0.39 is 0 Å². The molecule has 0 aromatic carbocycles. The van der Waals surface area contributed by atoms with Gasteiger partial charge in [0.1, 0.15) is 5.52 Å². The van der Waals surface area contributed by atoms with E-state index in [1.54, 1.807) is 6.20 Å². The SMILES string of the molecule is CCCC1CCN(Cn2c(Cl)nc3cc(Br)cnc32)C1. The second-order valence-electron chi connectivity index (χ2n) is 5.47. The van der Waals surface area contributed by atoms with Crippen molar-refractivity contribution in [3.8, 4) is 0 Å². The first-order valence-electron chi connectivity index (χ1n) is 7.07. The number of pyridine rings is 1. The van der Waals surface area contributed by atoms with Gasteiger partial charge >= 0.3 is 0 Å². The fraction of sp³-hybridized carbons (Fsp3) is 0.571. The summed E-state index contributed by atoms with van der Waals surface area (Å²) < 4.78 is 2.92. The number of fused-ring (bicyclic) bond motifs is 1. The molecule has 20 heavy (non-hydrogen) atoms. The summed E-state index contributed by atoms with van der Waals surface area (Å²) in [5, 5.41) is 0.518. The van der Waals surface area contributed by atoms with Crippen LogP contribution in [0, 0.1) is 5.92 Å². The number of likely N-dealkylation sites (tertiary alicyclic amines) is 1. The van der Waals surface area contributed by atoms with Gasteiger partial charge in [-0.3, -0.25) is 9.47 Å². The number of hydrogen-bond donors (Lipinski definition) is 0. The van der Waals surface area contributed by atoms with E-state index in [0.717, 1.165) is 41.3 Å². The standard InChI is InChI=1S/C14H18BrClN4/c1-2-3-10-4-5-19(8-10)9-20-13-12(18-14(20)16)6-11(15)7-17-13/h6-7,10H,2-5,8-9H2,1H3. The Bertz CT molecular complexity index is 612. The van der Waals surface area contributed by atoms with E-state index in [1.807, 2.05) is 10.6 Å². The Hall–Kier alpha value is -0.650. The van der Waals surface area contributed by atoms with Gasteiger partial charge in [-0.15, -0.1) is 0 Å². The lowest BCUT2D eigenvalue weighted by molar-refractivity contribution is 0.261. The van der Waals surface area contributed by atoms with Crippen molar-refractivity contribution in [1.29, 1.82) is 0 Å². The second-order valence-corrected chi connectivity index (χ2v) is 6.72. The normalized spacial score (nSPS) is 20.1. The fourth-order valence-electron chi connectivity index (χ4n) is 2.97. The van der Waals surface area contributed by atoms with Crippen molar-refractivity contribution >= 4 is 38.7 Å². The van der Waals surface area contributed by atoms with E-state index in [9.17, 15) is 0 Å². The third-order valence-corrected chi connectivity index (χ3v) is 4.64. The van der Waals surface area contributed by atoms with Crippen LogP contribution in [0.3, 0.4) is 0 Å². The fourth-order valence-corrected chi connectivity index (χ4v) is 3.51. The predicted molar refractivity (Wildman–Crippen MR) is 84.8 cm³/mol. The maximum Gasteiger partial charge on any atom is 0.206 e. The molecule has 1 aliphatic rings. The van der Waals surface area contributed by atoms with Crippen LogP contribution < -0.4 is 0 Å². The van der Waals surface area contributed by atoms with Gasteiger partial charge in [-0.25, -0.2) is 9.97 Å². The highest BCUT2D eigenvalue weighted by molar-refractivity contribution is 9.10. The van der Waals surface area contributed by atoms with E-state index in [0.29, 0.717) is 5.28 Å². The second kappa shape index (κ2) is 6.00. The van der Waals surface area contributed by atoms with Crippen LogP contribution in [-0.4, -0.2) is 32.5 Å². The van der Waals surface area contributed by atoms with Crippen molar-refractivity contribution in [1.82, 2.24) is 19.4 Å². The Labute approximate surface area is 132 Å². The summed E-state index contributed by atoms with van der Waals surface area (Å²) in [7, 11) is 0. The molecule has 0 spiro atoms. The first-order chi connectivity index (χ1) is 9.67. The van der Waals surface area contributed by atoms with E-state index in [2.05, 4.69) is 37.7 Å². The lowest BCUT2D eigenvalue weighted by Crippen LogP contribution is -2.24. The van der Waals surface area contributed by atoms with Crippen LogP contribution in [-0.2, 0) is 6.67 Å². The number of nitrogens with zero attached hydrogens (tertiary/aromatic N) is 4. The highest BCUT2D eigenvalue weighted by Crippen LogP contribution is 2.25. The van der Waals surface area contributed by atoms with Crippen LogP contribution in [0.4, 0.5) is 0 Å². The summed E-state index contributed by atoms with van der Waals surface area (Å²) in [6, 6.07) is 1.95. The Kier molecular flexibility index (Phi) is 4.29. The molecule has 0 saturated carbocycles. The first kappa shape index (κ1) is 14.3. The average molecular weight is 358 g/mol. The van der Waals surface area contributed by atoms with Crippen molar-refractivity contribution in [2.45, 2.75) is 32.9 Å². The monoisotopic (exact) mass is 356 g/mol. The quantitative estimate of drug-likeness (QED) is 0.831. The molecule has 0 bridgehead atoms. The minimum absolute atomic E-state index is 0.518. The van der Waals surface area contributed by atoms with Crippen molar-refractivity contribution < 1.29 is 0 Å². The van der Waals surface area contributed by atoms with Gasteiger partial charge in [0.05, 0.1) is 6.67 Å². The molecule has 4 nitrogen and oxygen atoms in total. The van der Waals surface area contributed by atoms with E-state index in [4.69, 9.17) is 11.6 Å². The predicted octanol–water partition coefficient (Wildman–Crippen LogP) is 3.93. The lowest BCUT2D eigenvalue weighted by atomic mass is 10.0. The molecule has 2 aromatic heterocycles. The Morgan fingerprint density at radius 1 is 1.50 bits per heavy atom.